The van der Waals surface area contributed by atoms with Crippen molar-refractivity contribution in [2.45, 2.75) is 6.61 Å². The minimum absolute atomic E-state index is 0.0565. The fourth-order valence-corrected chi connectivity index (χ4v) is 3.12. The van der Waals surface area contributed by atoms with E-state index in [9.17, 15) is 14.9 Å². The molecule has 0 aromatic heterocycles. The molecule has 154 valence electrons. The fraction of sp³-hybridized carbons (Fsp3) is 0.0435. The molecule has 0 fully saturated rings. The summed E-state index contributed by atoms with van der Waals surface area (Å²) >= 11 is 5.99. The highest BCUT2D eigenvalue weighted by molar-refractivity contribution is 6.30. The van der Waals surface area contributed by atoms with Gasteiger partial charge in [-0.25, -0.2) is 9.79 Å². The maximum atomic E-state index is 12.2. The molecular formula is C23H15ClN2O5. The molecule has 0 amide bonds. The zero-order valence-electron chi connectivity index (χ0n) is 16.0. The number of aliphatic imine (C=N–C) groups is 1. The van der Waals surface area contributed by atoms with E-state index in [-0.39, 0.29) is 17.3 Å². The number of carbonyl (C=O) groups is 1. The number of carbonyl (C=O) groups excluding carboxylic acids is 1. The SMILES string of the molecule is O=C1OC(c2ccc([N+](=O)[O-])cc2)=N/C1=C\c1cccc(OCc2cccc(Cl)c2)c1. The van der Waals surface area contributed by atoms with Crippen molar-refractivity contribution in [1.82, 2.24) is 0 Å². The van der Waals surface area contributed by atoms with Crippen molar-refractivity contribution in [2.24, 2.45) is 4.99 Å². The van der Waals surface area contributed by atoms with Gasteiger partial charge in [-0.15, -0.1) is 0 Å². The Morgan fingerprint density at radius 3 is 2.58 bits per heavy atom. The van der Waals surface area contributed by atoms with Gasteiger partial charge >= 0.3 is 5.97 Å². The summed E-state index contributed by atoms with van der Waals surface area (Å²) in [6.45, 7) is 0.352. The highest BCUT2D eigenvalue weighted by atomic mass is 35.5. The lowest BCUT2D eigenvalue weighted by atomic mass is 10.2. The molecule has 8 heteroatoms. The number of benzene rings is 3. The topological polar surface area (TPSA) is 91.0 Å². The van der Waals surface area contributed by atoms with Gasteiger partial charge in [0.05, 0.1) is 4.92 Å². The molecule has 0 aliphatic carbocycles. The molecule has 0 unspecified atom stereocenters. The summed E-state index contributed by atoms with van der Waals surface area (Å²) in [5, 5.41) is 11.4. The molecule has 1 aliphatic rings. The number of non-ortho nitro benzene ring substituents is 1. The minimum atomic E-state index is -0.599. The van der Waals surface area contributed by atoms with Crippen LogP contribution in [0.2, 0.25) is 5.02 Å². The molecule has 0 radical (unpaired) electrons. The Bertz CT molecular complexity index is 1220. The van der Waals surface area contributed by atoms with Crippen molar-refractivity contribution >= 4 is 35.2 Å². The van der Waals surface area contributed by atoms with E-state index in [0.717, 1.165) is 5.56 Å². The van der Waals surface area contributed by atoms with Crippen LogP contribution in [0.15, 0.2) is 83.5 Å². The van der Waals surface area contributed by atoms with E-state index in [4.69, 9.17) is 21.1 Å². The first kappa shape index (κ1) is 20.3. The summed E-state index contributed by atoms with van der Waals surface area (Å²) < 4.78 is 11.0. The number of esters is 1. The summed E-state index contributed by atoms with van der Waals surface area (Å²) in [5.74, 6) is 0.123. The Morgan fingerprint density at radius 1 is 1.06 bits per heavy atom. The monoisotopic (exact) mass is 434 g/mol. The standard InChI is InChI=1S/C23H15ClN2O5/c24-18-5-1-4-16(11-18)14-30-20-6-2-3-15(12-20)13-21-23(27)31-22(25-21)17-7-9-19(10-8-17)26(28)29/h1-13H,14H2/b21-13-. The van der Waals surface area contributed by atoms with Crippen molar-refractivity contribution in [3.05, 3.63) is 110 Å². The van der Waals surface area contributed by atoms with Crippen LogP contribution in [-0.4, -0.2) is 16.8 Å². The lowest BCUT2D eigenvalue weighted by Crippen LogP contribution is -2.05. The van der Waals surface area contributed by atoms with Crippen LogP contribution in [0.25, 0.3) is 6.08 Å². The molecule has 0 N–H and O–H groups in total. The van der Waals surface area contributed by atoms with E-state index < -0.39 is 10.9 Å². The van der Waals surface area contributed by atoms with Crippen molar-refractivity contribution in [3.8, 4) is 5.75 Å². The number of hydrogen-bond donors (Lipinski definition) is 0. The predicted molar refractivity (Wildman–Crippen MR) is 116 cm³/mol. The maximum absolute atomic E-state index is 12.2. The second kappa shape index (κ2) is 8.81. The number of nitro groups is 1. The predicted octanol–water partition coefficient (Wildman–Crippen LogP) is 5.17. The summed E-state index contributed by atoms with van der Waals surface area (Å²) in [7, 11) is 0. The van der Waals surface area contributed by atoms with Crippen LogP contribution in [0.4, 0.5) is 5.69 Å². The summed E-state index contributed by atoms with van der Waals surface area (Å²) in [6.07, 6.45) is 1.59. The summed E-state index contributed by atoms with van der Waals surface area (Å²) in [5.41, 5.74) is 2.19. The Morgan fingerprint density at radius 2 is 1.84 bits per heavy atom. The van der Waals surface area contributed by atoms with Crippen LogP contribution in [0.5, 0.6) is 5.75 Å². The van der Waals surface area contributed by atoms with E-state index in [2.05, 4.69) is 4.99 Å². The first-order valence-electron chi connectivity index (χ1n) is 9.23. The maximum Gasteiger partial charge on any atom is 0.363 e. The van der Waals surface area contributed by atoms with Gasteiger partial charge in [-0.05, 0) is 53.6 Å². The number of rotatable bonds is 6. The number of halogens is 1. The molecule has 0 bridgehead atoms. The van der Waals surface area contributed by atoms with Gasteiger partial charge in [0.2, 0.25) is 5.90 Å². The zero-order chi connectivity index (χ0) is 21.8. The Kier molecular flexibility index (Phi) is 5.77. The molecule has 31 heavy (non-hydrogen) atoms. The third-order valence-electron chi connectivity index (χ3n) is 4.40. The largest absolute Gasteiger partial charge is 0.489 e. The lowest BCUT2D eigenvalue weighted by molar-refractivity contribution is -0.384. The van der Waals surface area contributed by atoms with Crippen LogP contribution >= 0.6 is 11.6 Å². The molecule has 0 spiro atoms. The average Bonchev–Trinajstić information content (AvgIpc) is 3.13. The van der Waals surface area contributed by atoms with Gasteiger partial charge in [-0.1, -0.05) is 35.9 Å². The average molecular weight is 435 g/mol. The second-order valence-electron chi connectivity index (χ2n) is 6.63. The molecule has 0 atom stereocenters. The van der Waals surface area contributed by atoms with Crippen molar-refractivity contribution in [1.29, 1.82) is 0 Å². The first-order chi connectivity index (χ1) is 15.0. The van der Waals surface area contributed by atoms with E-state index in [1.807, 2.05) is 30.3 Å². The number of cyclic esters (lactones) is 1. The second-order valence-corrected chi connectivity index (χ2v) is 7.07. The van der Waals surface area contributed by atoms with E-state index >= 15 is 0 Å². The lowest BCUT2D eigenvalue weighted by Gasteiger charge is -2.07. The van der Waals surface area contributed by atoms with Crippen molar-refractivity contribution in [3.63, 3.8) is 0 Å². The van der Waals surface area contributed by atoms with Crippen LogP contribution < -0.4 is 4.74 Å². The van der Waals surface area contributed by atoms with Gasteiger partial charge in [-0.2, -0.15) is 0 Å². The number of nitro benzene ring substituents is 1. The highest BCUT2D eigenvalue weighted by Gasteiger charge is 2.24. The minimum Gasteiger partial charge on any atom is -0.489 e. The van der Waals surface area contributed by atoms with Gasteiger partial charge in [0.1, 0.15) is 12.4 Å². The quantitative estimate of drug-likeness (QED) is 0.231. The molecule has 0 saturated carbocycles. The normalized spacial score (nSPS) is 14.3. The van der Waals surface area contributed by atoms with E-state index in [0.29, 0.717) is 28.5 Å². The molecule has 4 rings (SSSR count). The highest BCUT2D eigenvalue weighted by Crippen LogP contribution is 2.23. The fourth-order valence-electron chi connectivity index (χ4n) is 2.90. The summed E-state index contributed by atoms with van der Waals surface area (Å²) in [4.78, 5) is 26.7. The number of hydrogen-bond acceptors (Lipinski definition) is 6. The van der Waals surface area contributed by atoms with Crippen LogP contribution in [0.1, 0.15) is 16.7 Å². The van der Waals surface area contributed by atoms with Crippen LogP contribution in [0.3, 0.4) is 0 Å². The molecule has 0 saturated heterocycles. The Hall–Kier alpha value is -3.97. The Balaban J connectivity index is 1.50. The van der Waals surface area contributed by atoms with Crippen LogP contribution in [0, 0.1) is 10.1 Å². The van der Waals surface area contributed by atoms with Gasteiger partial charge in [0, 0.05) is 22.7 Å². The number of nitrogens with zero attached hydrogens (tertiary/aromatic N) is 2. The third-order valence-corrected chi connectivity index (χ3v) is 4.64. The van der Waals surface area contributed by atoms with Gasteiger partial charge in [0.15, 0.2) is 5.70 Å². The smallest absolute Gasteiger partial charge is 0.363 e. The summed E-state index contributed by atoms with van der Waals surface area (Å²) in [6, 6.07) is 20.2. The molecule has 7 nitrogen and oxygen atoms in total. The van der Waals surface area contributed by atoms with Crippen molar-refractivity contribution in [2.75, 3.05) is 0 Å². The molecule has 1 aliphatic heterocycles. The molecule has 1 heterocycles. The van der Waals surface area contributed by atoms with Gasteiger partial charge in [-0.3, -0.25) is 10.1 Å². The van der Waals surface area contributed by atoms with E-state index in [1.54, 1.807) is 24.3 Å². The molecule has 3 aromatic carbocycles. The van der Waals surface area contributed by atoms with E-state index in [1.165, 1.54) is 24.3 Å². The third kappa shape index (κ3) is 4.96. The molecular weight excluding hydrogens is 420 g/mol. The first-order valence-corrected chi connectivity index (χ1v) is 9.60. The number of ether oxygens (including phenoxy) is 2. The zero-order valence-corrected chi connectivity index (χ0v) is 16.8. The molecule has 3 aromatic rings. The van der Waals surface area contributed by atoms with Gasteiger partial charge in [0.25, 0.3) is 5.69 Å². The Labute approximate surface area is 182 Å². The van der Waals surface area contributed by atoms with Gasteiger partial charge < -0.3 is 9.47 Å². The van der Waals surface area contributed by atoms with Crippen LogP contribution in [-0.2, 0) is 16.1 Å². The van der Waals surface area contributed by atoms with Crippen molar-refractivity contribution < 1.29 is 19.2 Å².